The zero-order chi connectivity index (χ0) is 15.8. The van der Waals surface area contributed by atoms with E-state index in [0.29, 0.717) is 11.5 Å². The van der Waals surface area contributed by atoms with Gasteiger partial charge in [-0.05, 0) is 38.0 Å². The van der Waals surface area contributed by atoms with Crippen molar-refractivity contribution in [1.29, 1.82) is 0 Å². The highest BCUT2D eigenvalue weighted by Crippen LogP contribution is 2.35. The second-order valence-corrected chi connectivity index (χ2v) is 5.85. The number of ether oxygens (including phenoxy) is 2. The summed E-state index contributed by atoms with van der Waals surface area (Å²) in [5, 5.41) is 0. The third-order valence-electron chi connectivity index (χ3n) is 4.85. The summed E-state index contributed by atoms with van der Waals surface area (Å²) in [6.45, 7) is 4.21. The van der Waals surface area contributed by atoms with Gasteiger partial charge in [-0.15, -0.1) is 0 Å². The predicted molar refractivity (Wildman–Crippen MR) is 82.0 cm³/mol. The van der Waals surface area contributed by atoms with Crippen molar-refractivity contribution < 1.29 is 14.3 Å². The predicted octanol–water partition coefficient (Wildman–Crippen LogP) is 2.39. The highest BCUT2D eigenvalue weighted by molar-refractivity contribution is 5.78. The number of nitrogens with zero attached hydrogens (tertiary/aromatic N) is 2. The van der Waals surface area contributed by atoms with Gasteiger partial charge in [0, 0.05) is 14.1 Å². The largest absolute Gasteiger partial charge is 0.493 e. The van der Waals surface area contributed by atoms with Crippen LogP contribution in [-0.4, -0.2) is 55.7 Å². The Labute approximate surface area is 126 Å². The first kappa shape index (κ1) is 15.5. The van der Waals surface area contributed by atoms with Gasteiger partial charge in [0.25, 0.3) is 0 Å². The number of hydrogen-bond donors (Lipinski definition) is 0. The van der Waals surface area contributed by atoms with Crippen molar-refractivity contribution in [2.75, 3.05) is 28.3 Å². The zero-order valence-electron chi connectivity index (χ0n) is 13.6. The van der Waals surface area contributed by atoms with Crippen molar-refractivity contribution in [3.8, 4) is 11.5 Å². The van der Waals surface area contributed by atoms with Crippen LogP contribution in [0.2, 0.25) is 0 Å². The topological polar surface area (TPSA) is 42.0 Å². The lowest BCUT2D eigenvalue weighted by molar-refractivity contribution is 0.177. The monoisotopic (exact) mass is 292 g/mol. The van der Waals surface area contributed by atoms with Crippen LogP contribution in [0.25, 0.3) is 0 Å². The van der Waals surface area contributed by atoms with Crippen LogP contribution in [0.4, 0.5) is 4.79 Å². The van der Waals surface area contributed by atoms with E-state index < -0.39 is 0 Å². The fraction of sp³-hybridized carbons (Fsp3) is 0.562. The smallest absolute Gasteiger partial charge is 0.320 e. The molecule has 5 nitrogen and oxygen atoms in total. The number of hydrogen-bond acceptors (Lipinski definition) is 3. The van der Waals surface area contributed by atoms with E-state index >= 15 is 0 Å². The average molecular weight is 292 g/mol. The number of rotatable bonds is 4. The second-order valence-electron chi connectivity index (χ2n) is 5.85. The van der Waals surface area contributed by atoms with Gasteiger partial charge in [-0.2, -0.15) is 0 Å². The molecule has 0 radical (unpaired) electrons. The van der Waals surface area contributed by atoms with E-state index in [9.17, 15) is 4.79 Å². The Kier molecular flexibility index (Phi) is 4.03. The van der Waals surface area contributed by atoms with Crippen LogP contribution in [0.15, 0.2) is 18.2 Å². The Morgan fingerprint density at radius 2 is 1.81 bits per heavy atom. The molecule has 0 aromatic heterocycles. The summed E-state index contributed by atoms with van der Waals surface area (Å²) in [5.74, 6) is 1.43. The van der Waals surface area contributed by atoms with Gasteiger partial charge in [0.2, 0.25) is 0 Å². The van der Waals surface area contributed by atoms with Crippen LogP contribution in [0.5, 0.6) is 11.5 Å². The SMILES string of the molecule is COc1ccc(CC2(C)C(C)N(C)C(=O)N2C)cc1OC. The van der Waals surface area contributed by atoms with Gasteiger partial charge in [0.15, 0.2) is 11.5 Å². The van der Waals surface area contributed by atoms with Crippen LogP contribution in [0.1, 0.15) is 19.4 Å². The molecule has 2 unspecified atom stereocenters. The number of likely N-dealkylation sites (N-methyl/N-ethyl adjacent to an activating group) is 2. The minimum absolute atomic E-state index is 0.0606. The van der Waals surface area contributed by atoms with E-state index in [4.69, 9.17) is 9.47 Å². The number of carbonyl (C=O) groups excluding carboxylic acids is 1. The van der Waals surface area contributed by atoms with Crippen molar-refractivity contribution in [2.24, 2.45) is 0 Å². The lowest BCUT2D eigenvalue weighted by atomic mass is 9.86. The van der Waals surface area contributed by atoms with Gasteiger partial charge < -0.3 is 19.3 Å². The van der Waals surface area contributed by atoms with Crippen LogP contribution in [-0.2, 0) is 6.42 Å². The van der Waals surface area contributed by atoms with Crippen molar-refractivity contribution >= 4 is 6.03 Å². The van der Waals surface area contributed by atoms with Gasteiger partial charge in [0.1, 0.15) is 0 Å². The third-order valence-corrected chi connectivity index (χ3v) is 4.85. The molecule has 2 amide bonds. The summed E-state index contributed by atoms with van der Waals surface area (Å²) < 4.78 is 10.6. The molecular weight excluding hydrogens is 268 g/mol. The van der Waals surface area contributed by atoms with E-state index in [1.165, 1.54) is 0 Å². The van der Waals surface area contributed by atoms with Crippen molar-refractivity contribution in [2.45, 2.75) is 31.8 Å². The quantitative estimate of drug-likeness (QED) is 0.855. The molecule has 21 heavy (non-hydrogen) atoms. The maximum absolute atomic E-state index is 12.2. The first-order valence-corrected chi connectivity index (χ1v) is 7.06. The molecule has 0 bridgehead atoms. The lowest BCUT2D eigenvalue weighted by Gasteiger charge is -2.35. The first-order valence-electron chi connectivity index (χ1n) is 7.06. The van der Waals surface area contributed by atoms with Gasteiger partial charge in [-0.1, -0.05) is 6.07 Å². The van der Waals surface area contributed by atoms with Crippen LogP contribution >= 0.6 is 0 Å². The summed E-state index contributed by atoms with van der Waals surface area (Å²) in [4.78, 5) is 15.8. The van der Waals surface area contributed by atoms with Crippen LogP contribution in [0.3, 0.4) is 0 Å². The highest BCUT2D eigenvalue weighted by Gasteiger charge is 2.48. The van der Waals surface area contributed by atoms with E-state index in [1.54, 1.807) is 19.1 Å². The standard InChI is InChI=1S/C16H24N2O3/c1-11-16(2,18(4)15(19)17(11)3)10-12-7-8-13(20-5)14(9-12)21-6/h7-9,11H,10H2,1-6H3. The average Bonchev–Trinajstić information content (AvgIpc) is 2.63. The van der Waals surface area contributed by atoms with Gasteiger partial charge in [-0.25, -0.2) is 4.79 Å². The Hall–Kier alpha value is -1.91. The molecule has 2 atom stereocenters. The summed E-state index contributed by atoms with van der Waals surface area (Å²) in [7, 11) is 6.97. The van der Waals surface area contributed by atoms with Crippen molar-refractivity contribution in [3.05, 3.63) is 23.8 Å². The minimum Gasteiger partial charge on any atom is -0.493 e. The number of amides is 2. The van der Waals surface area contributed by atoms with Crippen LogP contribution < -0.4 is 9.47 Å². The maximum atomic E-state index is 12.2. The second kappa shape index (κ2) is 5.47. The summed E-state index contributed by atoms with van der Waals surface area (Å²) in [5.41, 5.74) is 0.878. The highest BCUT2D eigenvalue weighted by atomic mass is 16.5. The molecule has 1 aliphatic rings. The van der Waals surface area contributed by atoms with Gasteiger partial charge in [0.05, 0.1) is 25.8 Å². The lowest BCUT2D eigenvalue weighted by Crippen LogP contribution is -2.48. The normalized spacial score (nSPS) is 25.4. The van der Waals surface area contributed by atoms with Gasteiger partial charge in [-0.3, -0.25) is 0 Å². The molecule has 1 heterocycles. The molecule has 1 aromatic carbocycles. The molecule has 1 aliphatic heterocycles. The van der Waals surface area contributed by atoms with E-state index in [-0.39, 0.29) is 17.6 Å². The molecule has 1 aromatic rings. The van der Waals surface area contributed by atoms with E-state index in [1.807, 2.05) is 37.2 Å². The molecule has 1 saturated heterocycles. The van der Waals surface area contributed by atoms with Crippen molar-refractivity contribution in [1.82, 2.24) is 9.80 Å². The van der Waals surface area contributed by atoms with Crippen LogP contribution in [0, 0.1) is 0 Å². The molecule has 0 saturated carbocycles. The molecule has 116 valence electrons. The van der Waals surface area contributed by atoms with E-state index in [0.717, 1.165) is 12.0 Å². The molecule has 5 heteroatoms. The summed E-state index contributed by atoms with van der Waals surface area (Å²) in [6, 6.07) is 6.11. The maximum Gasteiger partial charge on any atom is 0.320 e. The van der Waals surface area contributed by atoms with Crippen molar-refractivity contribution in [3.63, 3.8) is 0 Å². The molecule has 0 spiro atoms. The Morgan fingerprint density at radius 1 is 1.19 bits per heavy atom. The fourth-order valence-corrected chi connectivity index (χ4v) is 2.99. The Bertz CT molecular complexity index is 546. The van der Waals surface area contributed by atoms with Gasteiger partial charge >= 0.3 is 6.03 Å². The fourth-order valence-electron chi connectivity index (χ4n) is 2.99. The van der Waals surface area contributed by atoms with E-state index in [2.05, 4.69) is 13.8 Å². The first-order chi connectivity index (χ1) is 9.85. The number of carbonyl (C=O) groups is 1. The molecule has 0 aliphatic carbocycles. The molecule has 0 N–H and O–H groups in total. The minimum atomic E-state index is -0.245. The number of urea groups is 1. The zero-order valence-corrected chi connectivity index (χ0v) is 13.6. The Balaban J connectivity index is 2.31. The molecule has 1 fully saturated rings. The number of methoxy groups -OCH3 is 2. The third kappa shape index (κ3) is 2.41. The number of benzene rings is 1. The summed E-state index contributed by atoms with van der Waals surface area (Å²) >= 11 is 0. The molecular formula is C16H24N2O3. The summed E-state index contributed by atoms with van der Waals surface area (Å²) in [6.07, 6.45) is 0.765. The molecule has 2 rings (SSSR count). The Morgan fingerprint density at radius 3 is 2.29 bits per heavy atom.